The maximum Gasteiger partial charge on any atom is 0.214 e. The zero-order valence-electron chi connectivity index (χ0n) is 15.1. The predicted octanol–water partition coefficient (Wildman–Crippen LogP) is 4.33. The second-order valence-corrected chi connectivity index (χ2v) is 7.65. The van der Waals surface area contributed by atoms with Crippen LogP contribution in [0.25, 0.3) is 5.69 Å². The summed E-state index contributed by atoms with van der Waals surface area (Å²) in [6, 6.07) is 11.6. The Kier molecular flexibility index (Phi) is 5.22. The number of hydrogen-bond acceptors (Lipinski definition) is 6. The molecule has 4 rings (SSSR count). The molecule has 2 heterocycles. The first-order chi connectivity index (χ1) is 13.1. The summed E-state index contributed by atoms with van der Waals surface area (Å²) >= 11 is 7.63. The highest BCUT2D eigenvalue weighted by Gasteiger charge is 2.22. The van der Waals surface area contributed by atoms with Gasteiger partial charge in [-0.2, -0.15) is 4.68 Å². The van der Waals surface area contributed by atoms with Crippen molar-refractivity contribution >= 4 is 23.4 Å². The summed E-state index contributed by atoms with van der Waals surface area (Å²) in [5.74, 6) is 2.50. The number of rotatable bonds is 6. The average Bonchev–Trinajstić information content (AvgIpc) is 3.25. The first kappa shape index (κ1) is 18.1. The van der Waals surface area contributed by atoms with Crippen LogP contribution < -0.4 is 9.47 Å². The molecule has 140 valence electrons. The van der Waals surface area contributed by atoms with Gasteiger partial charge in [-0.25, -0.2) is 0 Å². The fraction of sp³-hybridized carbons (Fsp3) is 0.316. The quantitative estimate of drug-likeness (QED) is 0.572. The molecule has 0 amide bonds. The molecule has 0 N–H and O–H groups in total. The zero-order valence-corrected chi connectivity index (χ0v) is 16.6. The third-order valence-corrected chi connectivity index (χ3v) is 5.43. The van der Waals surface area contributed by atoms with E-state index in [1.807, 2.05) is 31.2 Å². The third-order valence-electron chi connectivity index (χ3n) is 4.23. The molecule has 1 aliphatic heterocycles. The minimum Gasteiger partial charge on any atom is -0.494 e. The van der Waals surface area contributed by atoms with Crippen molar-refractivity contribution in [3.63, 3.8) is 0 Å². The SMILES string of the molecule is CCOc1cc2c(cc1CSc1nnnn1-c1cccc(Cl)c1)OC(C)C2. The molecule has 27 heavy (non-hydrogen) atoms. The number of nitrogens with zero attached hydrogens (tertiary/aromatic N) is 4. The smallest absolute Gasteiger partial charge is 0.214 e. The summed E-state index contributed by atoms with van der Waals surface area (Å²) in [5, 5.41) is 13.4. The number of ether oxygens (including phenoxy) is 2. The van der Waals surface area contributed by atoms with E-state index in [0.717, 1.165) is 29.2 Å². The van der Waals surface area contributed by atoms with E-state index < -0.39 is 0 Å². The van der Waals surface area contributed by atoms with Gasteiger partial charge in [0.1, 0.15) is 17.6 Å². The summed E-state index contributed by atoms with van der Waals surface area (Å²) in [6.45, 7) is 4.68. The average molecular weight is 403 g/mol. The molecule has 8 heteroatoms. The molecule has 1 aromatic heterocycles. The predicted molar refractivity (Wildman–Crippen MR) is 105 cm³/mol. The lowest BCUT2D eigenvalue weighted by atomic mass is 10.1. The minimum absolute atomic E-state index is 0.201. The van der Waals surface area contributed by atoms with E-state index in [4.69, 9.17) is 21.1 Å². The van der Waals surface area contributed by atoms with Gasteiger partial charge in [0.05, 0.1) is 12.3 Å². The molecule has 3 aromatic rings. The first-order valence-corrected chi connectivity index (χ1v) is 10.1. The van der Waals surface area contributed by atoms with Gasteiger partial charge in [0, 0.05) is 28.3 Å². The zero-order chi connectivity index (χ0) is 18.8. The molecule has 0 radical (unpaired) electrons. The monoisotopic (exact) mass is 402 g/mol. The van der Waals surface area contributed by atoms with Crippen molar-refractivity contribution in [2.24, 2.45) is 0 Å². The van der Waals surface area contributed by atoms with Crippen LogP contribution in [0.15, 0.2) is 41.6 Å². The van der Waals surface area contributed by atoms with Gasteiger partial charge in [0.2, 0.25) is 5.16 Å². The van der Waals surface area contributed by atoms with Gasteiger partial charge in [-0.3, -0.25) is 0 Å². The van der Waals surface area contributed by atoms with Gasteiger partial charge in [-0.1, -0.05) is 29.4 Å². The van der Waals surface area contributed by atoms with E-state index in [2.05, 4.69) is 34.6 Å². The molecule has 1 atom stereocenters. The van der Waals surface area contributed by atoms with Crippen LogP contribution in [0, 0.1) is 0 Å². The molecule has 1 unspecified atom stereocenters. The Hall–Kier alpha value is -2.25. The Labute approximate surface area is 166 Å². The molecule has 0 spiro atoms. The molecular formula is C19H19ClN4O2S. The lowest BCUT2D eigenvalue weighted by molar-refractivity contribution is 0.254. The normalized spacial score (nSPS) is 15.4. The van der Waals surface area contributed by atoms with Crippen molar-refractivity contribution in [3.05, 3.63) is 52.5 Å². The van der Waals surface area contributed by atoms with Crippen LogP contribution in [0.3, 0.4) is 0 Å². The number of fused-ring (bicyclic) bond motifs is 1. The number of aromatic nitrogens is 4. The number of halogens is 1. The van der Waals surface area contributed by atoms with Crippen molar-refractivity contribution < 1.29 is 9.47 Å². The fourth-order valence-electron chi connectivity index (χ4n) is 3.07. The van der Waals surface area contributed by atoms with E-state index in [1.54, 1.807) is 16.4 Å². The largest absolute Gasteiger partial charge is 0.494 e. The molecule has 0 bridgehead atoms. The van der Waals surface area contributed by atoms with Gasteiger partial charge in [-0.05, 0) is 54.6 Å². The van der Waals surface area contributed by atoms with Crippen LogP contribution in [0.4, 0.5) is 0 Å². The Morgan fingerprint density at radius 3 is 3.04 bits per heavy atom. The van der Waals surface area contributed by atoms with Gasteiger partial charge in [0.25, 0.3) is 0 Å². The van der Waals surface area contributed by atoms with Gasteiger partial charge >= 0.3 is 0 Å². The van der Waals surface area contributed by atoms with Gasteiger partial charge in [-0.15, -0.1) is 5.10 Å². The molecule has 1 aliphatic rings. The number of tetrazole rings is 1. The van der Waals surface area contributed by atoms with Gasteiger partial charge in [0.15, 0.2) is 0 Å². The highest BCUT2D eigenvalue weighted by molar-refractivity contribution is 7.98. The van der Waals surface area contributed by atoms with Crippen LogP contribution in [0.2, 0.25) is 5.02 Å². The summed E-state index contributed by atoms with van der Waals surface area (Å²) in [5.41, 5.74) is 3.09. The summed E-state index contributed by atoms with van der Waals surface area (Å²) in [6.07, 6.45) is 1.11. The van der Waals surface area contributed by atoms with Crippen molar-refractivity contribution in [3.8, 4) is 17.2 Å². The number of thioether (sulfide) groups is 1. The molecular weight excluding hydrogens is 384 g/mol. The van der Waals surface area contributed by atoms with Gasteiger partial charge < -0.3 is 9.47 Å². The highest BCUT2D eigenvalue weighted by atomic mass is 35.5. The molecule has 0 fully saturated rings. The van der Waals surface area contributed by atoms with Crippen molar-refractivity contribution in [2.75, 3.05) is 6.61 Å². The second-order valence-electron chi connectivity index (χ2n) is 6.28. The van der Waals surface area contributed by atoms with Crippen LogP contribution >= 0.6 is 23.4 Å². The molecule has 0 saturated carbocycles. The summed E-state index contributed by atoms with van der Waals surface area (Å²) in [4.78, 5) is 0. The van der Waals surface area contributed by atoms with Crippen LogP contribution in [-0.4, -0.2) is 32.9 Å². The number of hydrogen-bond donors (Lipinski definition) is 0. The first-order valence-electron chi connectivity index (χ1n) is 8.76. The Morgan fingerprint density at radius 2 is 2.22 bits per heavy atom. The van der Waals surface area contributed by atoms with E-state index in [-0.39, 0.29) is 6.10 Å². The molecule has 0 saturated heterocycles. The van der Waals surface area contributed by atoms with Crippen molar-refractivity contribution in [1.82, 2.24) is 20.2 Å². The molecule has 6 nitrogen and oxygen atoms in total. The van der Waals surface area contributed by atoms with E-state index >= 15 is 0 Å². The van der Waals surface area contributed by atoms with E-state index in [9.17, 15) is 0 Å². The molecule has 2 aromatic carbocycles. The lowest BCUT2D eigenvalue weighted by Gasteiger charge is -2.12. The topological polar surface area (TPSA) is 62.1 Å². The Morgan fingerprint density at radius 1 is 1.33 bits per heavy atom. The standard InChI is InChI=1S/C19H19ClN4O2S/c1-3-25-17-8-13-7-12(2)26-18(13)9-14(17)11-27-19-21-22-23-24(19)16-6-4-5-15(20)10-16/h4-6,8-10,12H,3,7,11H2,1-2H3. The van der Waals surface area contributed by atoms with Crippen molar-refractivity contribution in [1.29, 1.82) is 0 Å². The van der Waals surface area contributed by atoms with Crippen LogP contribution in [0.1, 0.15) is 25.0 Å². The van der Waals surface area contributed by atoms with Crippen LogP contribution in [-0.2, 0) is 12.2 Å². The van der Waals surface area contributed by atoms with E-state index in [0.29, 0.717) is 22.5 Å². The fourth-order valence-corrected chi connectivity index (χ4v) is 4.12. The second kappa shape index (κ2) is 7.78. The van der Waals surface area contributed by atoms with E-state index in [1.165, 1.54) is 5.56 Å². The number of benzene rings is 2. The lowest BCUT2D eigenvalue weighted by Crippen LogP contribution is -2.05. The Balaban J connectivity index is 1.58. The maximum atomic E-state index is 6.09. The van der Waals surface area contributed by atoms with Crippen molar-refractivity contribution in [2.45, 2.75) is 37.3 Å². The summed E-state index contributed by atoms with van der Waals surface area (Å²) in [7, 11) is 0. The summed E-state index contributed by atoms with van der Waals surface area (Å²) < 4.78 is 13.4. The van der Waals surface area contributed by atoms with Crippen LogP contribution in [0.5, 0.6) is 11.5 Å². The maximum absolute atomic E-state index is 6.09. The molecule has 0 aliphatic carbocycles. The Bertz CT molecular complexity index is 963. The highest BCUT2D eigenvalue weighted by Crippen LogP contribution is 2.37. The third kappa shape index (κ3) is 3.89. The minimum atomic E-state index is 0.201.